The number of hydrogen-bond acceptors (Lipinski definition) is 3. The fourth-order valence-corrected chi connectivity index (χ4v) is 3.68. The van der Waals surface area contributed by atoms with Gasteiger partial charge in [-0.05, 0) is 54.3 Å². The van der Waals surface area contributed by atoms with Crippen molar-refractivity contribution in [3.05, 3.63) is 53.6 Å². The second-order valence-electron chi connectivity index (χ2n) is 6.90. The van der Waals surface area contributed by atoms with Crippen LogP contribution in [0.25, 0.3) is 16.3 Å². The molecule has 0 bridgehead atoms. The summed E-state index contributed by atoms with van der Waals surface area (Å²) in [6.07, 6.45) is 5.37. The number of fused-ring (bicyclic) bond motifs is 1. The molecule has 0 aromatic heterocycles. The molecule has 1 fully saturated rings. The Balaban J connectivity index is 1.75. The largest absolute Gasteiger partial charge is 0.302 e. The van der Waals surface area contributed by atoms with Gasteiger partial charge in [0.1, 0.15) is 0 Å². The van der Waals surface area contributed by atoms with E-state index in [2.05, 4.69) is 36.2 Å². The highest BCUT2D eigenvalue weighted by Gasteiger charge is 2.22. The van der Waals surface area contributed by atoms with Crippen LogP contribution in [-0.2, 0) is 4.84 Å². The lowest BCUT2D eigenvalue weighted by atomic mass is 9.92. The highest BCUT2D eigenvalue weighted by atomic mass is 16.7. The molecule has 2 aliphatic rings. The summed E-state index contributed by atoms with van der Waals surface area (Å²) in [4.78, 5) is 20.8. The molecule has 2 aromatic carbocycles. The first kappa shape index (κ1) is 16.3. The predicted molar refractivity (Wildman–Crippen MR) is 100 cm³/mol. The maximum absolute atomic E-state index is 12.9. The summed E-state index contributed by atoms with van der Waals surface area (Å²) >= 11 is 0. The minimum atomic E-state index is -0.0280. The standard InChI is InChI=1S/C21H24N2O2/c1-22-13-10-16(11-14-22)17-6-4-8-19-18(17)7-5-9-20(19)21(24)23-12-2-3-15-25-23/h4-10H,2-3,11-15H2,1H3. The number of rotatable bonds is 2. The lowest BCUT2D eigenvalue weighted by Gasteiger charge is -2.26. The first-order chi connectivity index (χ1) is 12.2. The second kappa shape index (κ2) is 6.98. The van der Waals surface area contributed by atoms with E-state index in [-0.39, 0.29) is 5.91 Å². The fourth-order valence-electron chi connectivity index (χ4n) is 3.68. The highest BCUT2D eigenvalue weighted by Crippen LogP contribution is 2.31. The minimum Gasteiger partial charge on any atom is -0.302 e. The molecule has 0 spiro atoms. The SMILES string of the molecule is CN1CC=C(c2cccc3c(C(=O)N4CCCCO4)cccc23)CC1. The van der Waals surface area contributed by atoms with Crippen LogP contribution in [0.5, 0.6) is 0 Å². The molecule has 0 N–H and O–H groups in total. The molecule has 0 radical (unpaired) electrons. The van der Waals surface area contributed by atoms with E-state index in [4.69, 9.17) is 4.84 Å². The predicted octanol–water partition coefficient (Wildman–Crippen LogP) is 3.73. The van der Waals surface area contributed by atoms with Crippen LogP contribution < -0.4 is 0 Å². The van der Waals surface area contributed by atoms with E-state index in [1.165, 1.54) is 16.2 Å². The molecule has 2 aliphatic heterocycles. The Morgan fingerprint density at radius 3 is 2.64 bits per heavy atom. The van der Waals surface area contributed by atoms with Gasteiger partial charge >= 0.3 is 0 Å². The van der Waals surface area contributed by atoms with Crippen molar-refractivity contribution in [1.82, 2.24) is 9.96 Å². The Kier molecular flexibility index (Phi) is 4.55. The minimum absolute atomic E-state index is 0.0280. The van der Waals surface area contributed by atoms with Gasteiger partial charge in [0.2, 0.25) is 0 Å². The van der Waals surface area contributed by atoms with Crippen molar-refractivity contribution in [2.45, 2.75) is 19.3 Å². The molecule has 4 heteroatoms. The lowest BCUT2D eigenvalue weighted by Crippen LogP contribution is -2.35. The van der Waals surface area contributed by atoms with Gasteiger partial charge in [-0.15, -0.1) is 0 Å². The third-order valence-electron chi connectivity index (χ3n) is 5.14. The van der Waals surface area contributed by atoms with Crippen LogP contribution in [0.15, 0.2) is 42.5 Å². The van der Waals surface area contributed by atoms with Crippen LogP contribution in [0.4, 0.5) is 0 Å². The van der Waals surface area contributed by atoms with E-state index >= 15 is 0 Å². The summed E-state index contributed by atoms with van der Waals surface area (Å²) in [6, 6.07) is 12.3. The van der Waals surface area contributed by atoms with Crippen molar-refractivity contribution in [2.24, 2.45) is 0 Å². The number of carbonyl (C=O) groups excluding carboxylic acids is 1. The van der Waals surface area contributed by atoms with Gasteiger partial charge in [-0.3, -0.25) is 9.63 Å². The Hall–Kier alpha value is -2.17. The Bertz CT molecular complexity index is 822. The lowest BCUT2D eigenvalue weighted by molar-refractivity contribution is -0.144. The van der Waals surface area contributed by atoms with Gasteiger partial charge in [-0.1, -0.05) is 36.4 Å². The third kappa shape index (κ3) is 3.20. The van der Waals surface area contributed by atoms with Crippen molar-refractivity contribution < 1.29 is 9.63 Å². The fraction of sp³-hybridized carbons (Fsp3) is 0.381. The number of hydrogen-bond donors (Lipinski definition) is 0. The van der Waals surface area contributed by atoms with Crippen LogP contribution in [0, 0.1) is 0 Å². The molecule has 4 rings (SSSR count). The van der Waals surface area contributed by atoms with E-state index in [1.54, 1.807) is 0 Å². The first-order valence-corrected chi connectivity index (χ1v) is 9.08. The van der Waals surface area contributed by atoms with Crippen molar-refractivity contribution in [1.29, 1.82) is 0 Å². The quantitative estimate of drug-likeness (QED) is 0.838. The molecule has 2 heterocycles. The van der Waals surface area contributed by atoms with Crippen LogP contribution in [-0.4, -0.2) is 49.2 Å². The smallest absolute Gasteiger partial charge is 0.278 e. The Morgan fingerprint density at radius 2 is 1.88 bits per heavy atom. The van der Waals surface area contributed by atoms with Crippen LogP contribution in [0.3, 0.4) is 0 Å². The first-order valence-electron chi connectivity index (χ1n) is 9.08. The van der Waals surface area contributed by atoms with Crippen LogP contribution in [0.1, 0.15) is 35.2 Å². The zero-order valence-electron chi connectivity index (χ0n) is 14.7. The van der Waals surface area contributed by atoms with Crippen molar-refractivity contribution in [3.8, 4) is 0 Å². The van der Waals surface area contributed by atoms with Gasteiger partial charge in [-0.2, -0.15) is 0 Å². The topological polar surface area (TPSA) is 32.8 Å². The molecule has 0 aliphatic carbocycles. The summed E-state index contributed by atoms with van der Waals surface area (Å²) in [7, 11) is 2.14. The number of nitrogens with zero attached hydrogens (tertiary/aromatic N) is 2. The van der Waals surface area contributed by atoms with Crippen LogP contribution >= 0.6 is 0 Å². The highest BCUT2D eigenvalue weighted by molar-refractivity contribution is 6.09. The molecule has 0 saturated carbocycles. The average molecular weight is 336 g/mol. The summed E-state index contributed by atoms with van der Waals surface area (Å²) in [5.74, 6) is -0.0280. The Morgan fingerprint density at radius 1 is 1.04 bits per heavy atom. The zero-order valence-corrected chi connectivity index (χ0v) is 14.7. The maximum atomic E-state index is 12.9. The number of amides is 1. The van der Waals surface area contributed by atoms with E-state index in [0.717, 1.165) is 48.7 Å². The van der Waals surface area contributed by atoms with Crippen molar-refractivity contribution >= 4 is 22.3 Å². The number of carbonyl (C=O) groups is 1. The molecule has 0 unspecified atom stereocenters. The number of hydroxylamine groups is 2. The molecule has 1 amide bonds. The van der Waals surface area contributed by atoms with Gasteiger partial charge < -0.3 is 4.90 Å². The van der Waals surface area contributed by atoms with Gasteiger partial charge in [0.05, 0.1) is 6.61 Å². The molecular weight excluding hydrogens is 312 g/mol. The molecule has 0 atom stereocenters. The van der Waals surface area contributed by atoms with Gasteiger partial charge in [0, 0.05) is 25.2 Å². The average Bonchev–Trinajstić information content (AvgIpc) is 2.68. The maximum Gasteiger partial charge on any atom is 0.278 e. The second-order valence-corrected chi connectivity index (χ2v) is 6.90. The van der Waals surface area contributed by atoms with Gasteiger partial charge in [0.15, 0.2) is 0 Å². The zero-order chi connectivity index (χ0) is 17.2. The molecular formula is C21H24N2O2. The van der Waals surface area contributed by atoms with Crippen molar-refractivity contribution in [2.75, 3.05) is 33.3 Å². The van der Waals surface area contributed by atoms with E-state index in [1.807, 2.05) is 18.2 Å². The normalized spacial score (nSPS) is 19.1. The molecule has 1 saturated heterocycles. The number of likely N-dealkylation sites (N-methyl/N-ethyl adjacent to an activating group) is 1. The van der Waals surface area contributed by atoms with E-state index in [9.17, 15) is 4.79 Å². The van der Waals surface area contributed by atoms with Crippen LogP contribution in [0.2, 0.25) is 0 Å². The number of benzene rings is 2. The molecule has 2 aromatic rings. The van der Waals surface area contributed by atoms with E-state index < -0.39 is 0 Å². The molecule has 25 heavy (non-hydrogen) atoms. The monoisotopic (exact) mass is 336 g/mol. The van der Waals surface area contributed by atoms with E-state index in [0.29, 0.717) is 13.2 Å². The van der Waals surface area contributed by atoms with Crippen molar-refractivity contribution in [3.63, 3.8) is 0 Å². The molecule has 4 nitrogen and oxygen atoms in total. The molecule has 130 valence electrons. The summed E-state index contributed by atoms with van der Waals surface area (Å²) in [5.41, 5.74) is 3.36. The van der Waals surface area contributed by atoms with Gasteiger partial charge in [0.25, 0.3) is 5.91 Å². The summed E-state index contributed by atoms with van der Waals surface area (Å²) < 4.78 is 0. The Labute approximate surface area is 148 Å². The summed E-state index contributed by atoms with van der Waals surface area (Å²) in [6.45, 7) is 3.35. The van der Waals surface area contributed by atoms with Gasteiger partial charge in [-0.25, -0.2) is 5.06 Å². The third-order valence-corrected chi connectivity index (χ3v) is 5.14. The summed E-state index contributed by atoms with van der Waals surface area (Å²) in [5, 5.41) is 3.69.